The summed E-state index contributed by atoms with van der Waals surface area (Å²) in [6, 6.07) is 0. The molecule has 88 valence electrons. The van der Waals surface area contributed by atoms with Crippen LogP contribution in [-0.2, 0) is 4.79 Å². The van der Waals surface area contributed by atoms with E-state index in [1.165, 1.54) is 0 Å². The highest BCUT2D eigenvalue weighted by Crippen LogP contribution is 2.23. The molecular weight excluding hydrogens is 190 g/mol. The highest BCUT2D eigenvalue weighted by atomic mass is 16.3. The minimum atomic E-state index is -0.366. The quantitative estimate of drug-likeness (QED) is 0.774. The van der Waals surface area contributed by atoms with E-state index in [2.05, 4.69) is 13.8 Å². The van der Waals surface area contributed by atoms with Crippen LogP contribution in [0.5, 0.6) is 0 Å². The highest BCUT2D eigenvalue weighted by Gasteiger charge is 2.25. The van der Waals surface area contributed by atoms with Gasteiger partial charge in [-0.25, -0.2) is 0 Å². The Morgan fingerprint density at radius 1 is 1.47 bits per heavy atom. The second-order valence-electron chi connectivity index (χ2n) is 4.97. The molecule has 0 aromatic heterocycles. The van der Waals surface area contributed by atoms with Crippen molar-refractivity contribution in [3.63, 3.8) is 0 Å². The minimum absolute atomic E-state index is 0.203. The molecule has 1 heterocycles. The average Bonchev–Trinajstić information content (AvgIpc) is 2.18. The Bertz CT molecular complexity index is 216. The van der Waals surface area contributed by atoms with Crippen molar-refractivity contribution in [3.8, 4) is 0 Å². The van der Waals surface area contributed by atoms with E-state index in [1.54, 1.807) is 6.92 Å². The van der Waals surface area contributed by atoms with E-state index in [9.17, 15) is 4.79 Å². The van der Waals surface area contributed by atoms with Crippen LogP contribution in [0, 0.1) is 11.8 Å². The molecule has 0 aromatic rings. The Kier molecular flexibility index (Phi) is 4.58. The Morgan fingerprint density at radius 2 is 2.13 bits per heavy atom. The number of hydrogen-bond acceptors (Lipinski definition) is 2. The van der Waals surface area contributed by atoms with Crippen LogP contribution >= 0.6 is 0 Å². The van der Waals surface area contributed by atoms with Crippen molar-refractivity contribution in [2.24, 2.45) is 11.8 Å². The summed E-state index contributed by atoms with van der Waals surface area (Å²) in [5.41, 5.74) is 0. The summed E-state index contributed by atoms with van der Waals surface area (Å²) in [7, 11) is 0. The van der Waals surface area contributed by atoms with Crippen molar-refractivity contribution in [2.75, 3.05) is 13.1 Å². The van der Waals surface area contributed by atoms with Gasteiger partial charge in [0.1, 0.15) is 0 Å². The number of aliphatic hydroxyl groups is 1. The van der Waals surface area contributed by atoms with Gasteiger partial charge in [-0.05, 0) is 31.6 Å². The predicted molar refractivity (Wildman–Crippen MR) is 60.4 cm³/mol. The smallest absolute Gasteiger partial charge is 0.222 e. The molecule has 15 heavy (non-hydrogen) atoms. The van der Waals surface area contributed by atoms with Crippen molar-refractivity contribution in [3.05, 3.63) is 0 Å². The lowest BCUT2D eigenvalue weighted by Gasteiger charge is -2.35. The molecular formula is C12H23NO2. The van der Waals surface area contributed by atoms with Gasteiger partial charge < -0.3 is 10.0 Å². The summed E-state index contributed by atoms with van der Waals surface area (Å²) in [6.45, 7) is 7.97. The summed E-state index contributed by atoms with van der Waals surface area (Å²) >= 11 is 0. The Morgan fingerprint density at radius 3 is 2.67 bits per heavy atom. The first-order chi connectivity index (χ1) is 7.00. The maximum Gasteiger partial charge on any atom is 0.222 e. The number of likely N-dealkylation sites (tertiary alicyclic amines) is 1. The maximum atomic E-state index is 11.8. The highest BCUT2D eigenvalue weighted by molar-refractivity contribution is 5.76. The molecule has 1 fully saturated rings. The number of aliphatic hydroxyl groups excluding tert-OH is 1. The van der Waals surface area contributed by atoms with Crippen LogP contribution in [0.2, 0.25) is 0 Å². The van der Waals surface area contributed by atoms with E-state index in [1.807, 2.05) is 4.90 Å². The fourth-order valence-corrected chi connectivity index (χ4v) is 1.98. The summed E-state index contributed by atoms with van der Waals surface area (Å²) in [6.07, 6.45) is 1.81. The number of amides is 1. The zero-order chi connectivity index (χ0) is 11.4. The van der Waals surface area contributed by atoms with Crippen molar-refractivity contribution in [1.82, 2.24) is 4.90 Å². The number of carbonyl (C=O) groups excluding carboxylic acids is 1. The Labute approximate surface area is 92.5 Å². The van der Waals surface area contributed by atoms with Gasteiger partial charge in [-0.1, -0.05) is 13.8 Å². The topological polar surface area (TPSA) is 40.5 Å². The molecule has 0 aliphatic carbocycles. The fourth-order valence-electron chi connectivity index (χ4n) is 1.98. The molecule has 0 saturated carbocycles. The van der Waals surface area contributed by atoms with E-state index < -0.39 is 0 Å². The minimum Gasteiger partial charge on any atom is -0.393 e. The SMILES string of the molecule is CC(O)CCC(=O)N1CCC(C)C(C)C1. The van der Waals surface area contributed by atoms with Gasteiger partial charge in [0.25, 0.3) is 0 Å². The number of piperidine rings is 1. The summed E-state index contributed by atoms with van der Waals surface area (Å²) in [4.78, 5) is 13.7. The van der Waals surface area contributed by atoms with Gasteiger partial charge in [-0.15, -0.1) is 0 Å². The standard InChI is InChI=1S/C12H23NO2/c1-9-6-7-13(8-10(9)2)12(15)5-4-11(3)14/h9-11,14H,4-8H2,1-3H3. The molecule has 1 aliphatic heterocycles. The monoisotopic (exact) mass is 213 g/mol. The van der Waals surface area contributed by atoms with Crippen LogP contribution in [0.4, 0.5) is 0 Å². The van der Waals surface area contributed by atoms with Crippen molar-refractivity contribution >= 4 is 5.91 Å². The molecule has 0 radical (unpaired) electrons. The van der Waals surface area contributed by atoms with E-state index in [4.69, 9.17) is 5.11 Å². The molecule has 3 unspecified atom stereocenters. The zero-order valence-electron chi connectivity index (χ0n) is 10.1. The van der Waals surface area contributed by atoms with E-state index in [0.29, 0.717) is 18.8 Å². The van der Waals surface area contributed by atoms with Gasteiger partial charge >= 0.3 is 0 Å². The molecule has 1 N–H and O–H groups in total. The number of carbonyl (C=O) groups is 1. The van der Waals surface area contributed by atoms with E-state index in [0.717, 1.165) is 25.4 Å². The molecule has 3 heteroatoms. The second-order valence-corrected chi connectivity index (χ2v) is 4.97. The van der Waals surface area contributed by atoms with Crippen LogP contribution in [-0.4, -0.2) is 35.1 Å². The van der Waals surface area contributed by atoms with Gasteiger partial charge in [-0.2, -0.15) is 0 Å². The molecule has 1 amide bonds. The van der Waals surface area contributed by atoms with Crippen molar-refractivity contribution < 1.29 is 9.90 Å². The van der Waals surface area contributed by atoms with Gasteiger partial charge in [0.05, 0.1) is 6.10 Å². The third-order valence-electron chi connectivity index (χ3n) is 3.46. The zero-order valence-corrected chi connectivity index (χ0v) is 10.1. The maximum absolute atomic E-state index is 11.8. The number of rotatable bonds is 3. The summed E-state index contributed by atoms with van der Waals surface area (Å²) < 4.78 is 0. The predicted octanol–water partition coefficient (Wildman–Crippen LogP) is 1.65. The Hall–Kier alpha value is -0.570. The summed E-state index contributed by atoms with van der Waals surface area (Å²) in [5, 5.41) is 9.12. The lowest BCUT2D eigenvalue weighted by Crippen LogP contribution is -2.42. The van der Waals surface area contributed by atoms with Crippen LogP contribution < -0.4 is 0 Å². The summed E-state index contributed by atoms with van der Waals surface area (Å²) in [5.74, 6) is 1.54. The van der Waals surface area contributed by atoms with Crippen LogP contribution in [0.25, 0.3) is 0 Å². The van der Waals surface area contributed by atoms with E-state index in [-0.39, 0.29) is 12.0 Å². The first-order valence-electron chi connectivity index (χ1n) is 5.96. The van der Waals surface area contributed by atoms with Crippen molar-refractivity contribution in [2.45, 2.75) is 46.1 Å². The Balaban J connectivity index is 2.34. The first kappa shape index (κ1) is 12.5. The van der Waals surface area contributed by atoms with E-state index >= 15 is 0 Å². The second kappa shape index (κ2) is 5.50. The number of hydrogen-bond donors (Lipinski definition) is 1. The lowest BCUT2D eigenvalue weighted by molar-refractivity contribution is -0.134. The van der Waals surface area contributed by atoms with Crippen LogP contribution in [0.3, 0.4) is 0 Å². The normalized spacial score (nSPS) is 28.9. The molecule has 3 nitrogen and oxygen atoms in total. The third-order valence-corrected chi connectivity index (χ3v) is 3.46. The molecule has 1 rings (SSSR count). The number of nitrogens with zero attached hydrogens (tertiary/aromatic N) is 1. The lowest BCUT2D eigenvalue weighted by atomic mass is 9.88. The van der Waals surface area contributed by atoms with Crippen LogP contribution in [0.15, 0.2) is 0 Å². The average molecular weight is 213 g/mol. The van der Waals surface area contributed by atoms with Gasteiger partial charge in [0, 0.05) is 19.5 Å². The fraction of sp³-hybridized carbons (Fsp3) is 0.917. The molecule has 0 spiro atoms. The molecule has 3 atom stereocenters. The largest absolute Gasteiger partial charge is 0.393 e. The van der Waals surface area contributed by atoms with Crippen LogP contribution in [0.1, 0.15) is 40.0 Å². The molecule has 1 aliphatic rings. The third kappa shape index (κ3) is 3.82. The van der Waals surface area contributed by atoms with Crippen molar-refractivity contribution in [1.29, 1.82) is 0 Å². The van der Waals surface area contributed by atoms with Gasteiger partial charge in [0.15, 0.2) is 0 Å². The molecule has 1 saturated heterocycles. The molecule has 0 bridgehead atoms. The first-order valence-corrected chi connectivity index (χ1v) is 5.96. The molecule has 0 aromatic carbocycles. The van der Waals surface area contributed by atoms with Gasteiger partial charge in [0.2, 0.25) is 5.91 Å². The van der Waals surface area contributed by atoms with Gasteiger partial charge in [-0.3, -0.25) is 4.79 Å².